The number of quaternary nitrogens is 1. The molecule has 1 amide bonds. The van der Waals surface area contributed by atoms with Gasteiger partial charge in [0.15, 0.2) is 0 Å². The van der Waals surface area contributed by atoms with E-state index in [-0.39, 0.29) is 31.5 Å². The molecule has 0 saturated heterocycles. The van der Waals surface area contributed by atoms with Crippen LogP contribution in [0, 0.1) is 0 Å². The second-order valence-electron chi connectivity index (χ2n) is 22.5. The second kappa shape index (κ2) is 57.2. The topological polar surface area (TPSA) is 111 Å². The van der Waals surface area contributed by atoms with Crippen LogP contribution in [0.3, 0.4) is 0 Å². The van der Waals surface area contributed by atoms with E-state index < -0.39 is 20.0 Å². The lowest BCUT2D eigenvalue weighted by Gasteiger charge is -2.27. The predicted octanol–water partition coefficient (Wildman–Crippen LogP) is 19.9. The lowest BCUT2D eigenvalue weighted by molar-refractivity contribution is -0.870. The van der Waals surface area contributed by atoms with Crippen LogP contribution in [0.25, 0.3) is 0 Å². The van der Waals surface area contributed by atoms with Gasteiger partial charge >= 0.3 is 13.8 Å². The summed E-state index contributed by atoms with van der Waals surface area (Å²) in [7, 11) is 1.46. The first kappa shape index (κ1) is 74.9. The molecule has 450 valence electrons. The van der Waals surface area contributed by atoms with Gasteiger partial charge in [0.2, 0.25) is 5.91 Å². The van der Waals surface area contributed by atoms with E-state index in [0.29, 0.717) is 23.9 Å². The molecule has 3 unspecified atom stereocenters. The number of allylic oxidation sites excluding steroid dienone is 15. The summed E-state index contributed by atoms with van der Waals surface area (Å²) in [4.78, 5) is 37.7. The van der Waals surface area contributed by atoms with Crippen molar-refractivity contribution in [1.29, 1.82) is 0 Å². The molecule has 0 aliphatic carbocycles. The summed E-state index contributed by atoms with van der Waals surface area (Å²) in [5.74, 6) is -0.559. The average Bonchev–Trinajstić information content (AvgIpc) is 3.40. The van der Waals surface area contributed by atoms with Gasteiger partial charge in [-0.25, -0.2) is 4.57 Å². The number of hydrogen-bond donors (Lipinski definition) is 2. The van der Waals surface area contributed by atoms with Crippen LogP contribution in [0.2, 0.25) is 0 Å². The van der Waals surface area contributed by atoms with Crippen molar-refractivity contribution in [2.45, 2.75) is 283 Å². The minimum Gasteiger partial charge on any atom is -0.456 e. The summed E-state index contributed by atoms with van der Waals surface area (Å²) in [6.45, 7) is 6.87. The molecule has 0 heterocycles. The van der Waals surface area contributed by atoms with Gasteiger partial charge in [0.25, 0.3) is 0 Å². The molecule has 0 fully saturated rings. The maximum atomic E-state index is 13.6. The first-order valence-electron chi connectivity index (χ1n) is 32.1. The van der Waals surface area contributed by atoms with E-state index in [9.17, 15) is 19.0 Å². The zero-order valence-electron chi connectivity index (χ0n) is 51.4. The molecule has 0 aliphatic heterocycles. The third-order valence-electron chi connectivity index (χ3n) is 13.8. The van der Waals surface area contributed by atoms with Gasteiger partial charge in [-0.15, -0.1) is 0 Å². The number of phosphoric ester groups is 1. The molecule has 0 rings (SSSR count). The molecule has 78 heavy (non-hydrogen) atoms. The van der Waals surface area contributed by atoms with E-state index in [2.05, 4.69) is 111 Å². The van der Waals surface area contributed by atoms with E-state index in [1.807, 2.05) is 33.3 Å². The number of amides is 1. The fourth-order valence-electron chi connectivity index (χ4n) is 8.82. The van der Waals surface area contributed by atoms with E-state index in [0.717, 1.165) is 89.9 Å². The van der Waals surface area contributed by atoms with Crippen LogP contribution in [0.15, 0.2) is 97.2 Å². The van der Waals surface area contributed by atoms with Crippen molar-refractivity contribution < 1.29 is 37.3 Å². The van der Waals surface area contributed by atoms with Crippen molar-refractivity contribution in [3.63, 3.8) is 0 Å². The number of likely N-dealkylation sites (N-methyl/N-ethyl adjacent to an activating group) is 1. The molecular weight excluding hydrogens is 988 g/mol. The third-order valence-corrected chi connectivity index (χ3v) is 14.7. The van der Waals surface area contributed by atoms with Gasteiger partial charge in [0.1, 0.15) is 19.3 Å². The largest absolute Gasteiger partial charge is 0.472 e. The molecule has 0 aromatic carbocycles. The standard InChI is InChI=1S/C68H121N2O7P/c1-7-10-13-16-19-22-25-28-30-32-34-35-37-39-41-43-46-49-52-55-58-61-68(72)77-66(59-56-53-50-47-44-27-24-21-18-15-12-9-3)65(64-76-78(73,74)75-63-62-70(4,5)6)69-67(71)60-57-54-51-48-45-42-40-38-36-33-31-29-26-23-20-17-14-11-8-2/h10,13,19,22,28-31,34-35,39,41,46,49,56,59,65-66H,7-9,11-12,14-18,20-21,23-27,32-33,36-38,40,42-45,47-48,50-55,57-58,60-64H2,1-6H3,(H-,69,71,73,74)/p+1/b13-10-,22-19-,30-28-,31-29+,35-34-,41-39-,49-46-,59-56+. The number of esters is 1. The Balaban J connectivity index is 5.31. The Morgan fingerprint density at radius 1 is 0.462 bits per heavy atom. The van der Waals surface area contributed by atoms with Gasteiger partial charge in [0.05, 0.1) is 33.8 Å². The lowest BCUT2D eigenvalue weighted by Crippen LogP contribution is -2.47. The van der Waals surface area contributed by atoms with Gasteiger partial charge in [-0.3, -0.25) is 18.6 Å². The third kappa shape index (κ3) is 57.6. The van der Waals surface area contributed by atoms with E-state index in [1.54, 1.807) is 0 Å². The molecule has 0 radical (unpaired) electrons. The molecule has 0 spiro atoms. The minimum absolute atomic E-state index is 0.0288. The molecule has 0 bridgehead atoms. The highest BCUT2D eigenvalue weighted by Gasteiger charge is 2.30. The Hall–Kier alpha value is -3.07. The molecular formula is C68H122N2O7P+. The second-order valence-corrected chi connectivity index (χ2v) is 24.0. The number of carbonyl (C=O) groups is 2. The molecule has 3 atom stereocenters. The normalized spacial score (nSPS) is 14.3. The number of carbonyl (C=O) groups excluding carboxylic acids is 2. The highest BCUT2D eigenvalue weighted by molar-refractivity contribution is 7.47. The average molecular weight is 1110 g/mol. The number of hydrogen-bond acceptors (Lipinski definition) is 6. The van der Waals surface area contributed by atoms with Gasteiger partial charge in [-0.05, 0) is 109 Å². The maximum Gasteiger partial charge on any atom is 0.472 e. The monoisotopic (exact) mass is 1110 g/mol. The van der Waals surface area contributed by atoms with Crippen molar-refractivity contribution in [2.24, 2.45) is 0 Å². The fraction of sp³-hybridized carbons (Fsp3) is 0.735. The van der Waals surface area contributed by atoms with E-state index >= 15 is 0 Å². The summed E-state index contributed by atoms with van der Waals surface area (Å²) in [6.07, 6.45) is 76.9. The van der Waals surface area contributed by atoms with E-state index in [4.69, 9.17) is 13.8 Å². The summed E-state index contributed by atoms with van der Waals surface area (Å²) in [6, 6.07) is -0.873. The van der Waals surface area contributed by atoms with E-state index in [1.165, 1.54) is 141 Å². The first-order chi connectivity index (χ1) is 37.9. The molecule has 2 N–H and O–H groups in total. The van der Waals surface area contributed by atoms with Gasteiger partial charge < -0.3 is 19.4 Å². The zero-order valence-corrected chi connectivity index (χ0v) is 52.3. The SMILES string of the molecule is CC/C=C\C/C=C\C/C=C\C/C=C\C/C=C\C/C=C\CCCCC(=O)OC(/C=C/CCCCCCCCCCCC)C(COP(=O)(O)OCC[N+](C)(C)C)NC(=O)CCCCCCCCCCC/C=C/CCCCCCCC. The van der Waals surface area contributed by atoms with Crippen molar-refractivity contribution >= 4 is 19.7 Å². The Kier molecular flexibility index (Phi) is 54.9. The maximum absolute atomic E-state index is 13.6. The number of phosphoric acid groups is 1. The van der Waals surface area contributed by atoms with Crippen LogP contribution in [-0.4, -0.2) is 74.3 Å². The lowest BCUT2D eigenvalue weighted by atomic mass is 10.0. The predicted molar refractivity (Wildman–Crippen MR) is 337 cm³/mol. The highest BCUT2D eigenvalue weighted by atomic mass is 31.2. The molecule has 10 heteroatoms. The number of rotatable bonds is 57. The van der Waals surface area contributed by atoms with Crippen molar-refractivity contribution in [3.8, 4) is 0 Å². The quantitative estimate of drug-likeness (QED) is 0.0205. The molecule has 0 saturated carbocycles. The Morgan fingerprint density at radius 2 is 0.821 bits per heavy atom. The van der Waals surface area contributed by atoms with Crippen molar-refractivity contribution in [1.82, 2.24) is 5.32 Å². The molecule has 9 nitrogen and oxygen atoms in total. The molecule has 0 aromatic rings. The number of nitrogens with one attached hydrogen (secondary N) is 1. The summed E-state index contributed by atoms with van der Waals surface area (Å²) < 4.78 is 30.7. The fourth-order valence-corrected chi connectivity index (χ4v) is 9.56. The minimum atomic E-state index is -4.47. The van der Waals surface area contributed by atoms with Gasteiger partial charge in [0, 0.05) is 12.8 Å². The molecule has 0 aromatic heterocycles. The van der Waals surface area contributed by atoms with Crippen LogP contribution in [-0.2, 0) is 27.9 Å². The van der Waals surface area contributed by atoms with Crippen LogP contribution in [0.1, 0.15) is 271 Å². The van der Waals surface area contributed by atoms with Gasteiger partial charge in [-0.1, -0.05) is 247 Å². The van der Waals surface area contributed by atoms with Crippen molar-refractivity contribution in [3.05, 3.63) is 97.2 Å². The number of unbranched alkanes of at least 4 members (excludes halogenated alkanes) is 27. The molecule has 0 aliphatic rings. The Bertz CT molecular complexity index is 1660. The summed E-state index contributed by atoms with van der Waals surface area (Å²) in [5.41, 5.74) is 0. The number of nitrogens with zero attached hydrogens (tertiary/aromatic N) is 1. The Morgan fingerprint density at radius 3 is 1.26 bits per heavy atom. The van der Waals surface area contributed by atoms with Crippen LogP contribution >= 0.6 is 7.82 Å². The first-order valence-corrected chi connectivity index (χ1v) is 33.6. The van der Waals surface area contributed by atoms with Crippen LogP contribution < -0.4 is 5.32 Å². The summed E-state index contributed by atoms with van der Waals surface area (Å²) >= 11 is 0. The van der Waals surface area contributed by atoms with Gasteiger partial charge in [-0.2, -0.15) is 0 Å². The summed E-state index contributed by atoms with van der Waals surface area (Å²) in [5, 5.41) is 3.05. The van der Waals surface area contributed by atoms with Crippen molar-refractivity contribution in [2.75, 3.05) is 40.9 Å². The smallest absolute Gasteiger partial charge is 0.456 e. The highest BCUT2D eigenvalue weighted by Crippen LogP contribution is 2.43. The zero-order chi connectivity index (χ0) is 57.2. The Labute approximate surface area is 481 Å². The van der Waals surface area contributed by atoms with Crippen LogP contribution in [0.4, 0.5) is 0 Å². The van der Waals surface area contributed by atoms with Crippen LogP contribution in [0.5, 0.6) is 0 Å². The number of ether oxygens (including phenoxy) is 1.